The number of primary amides is 1. The summed E-state index contributed by atoms with van der Waals surface area (Å²) in [4.78, 5) is 15.7. The first-order valence-electron chi connectivity index (χ1n) is 6.16. The molecule has 3 N–H and O–H groups in total. The van der Waals surface area contributed by atoms with Gasteiger partial charge in [0.1, 0.15) is 11.3 Å². The SMILES string of the molecule is COc1cccc2ccc(C3(NC(N)=O)CC3)nc12. The molecule has 0 saturated heterocycles. The predicted octanol–water partition coefficient (Wildman–Crippen LogP) is 1.90. The van der Waals surface area contributed by atoms with Crippen molar-refractivity contribution in [1.29, 1.82) is 0 Å². The van der Waals surface area contributed by atoms with Gasteiger partial charge in [0.25, 0.3) is 0 Å². The molecular formula is C14H15N3O2. The minimum atomic E-state index is -0.514. The standard InChI is InChI=1S/C14H15N3O2/c1-19-10-4-2-3-9-5-6-11(16-12(9)10)14(7-8-14)17-13(15)18/h2-6H,7-8H2,1H3,(H3,15,17,18). The second-order valence-corrected chi connectivity index (χ2v) is 4.80. The van der Waals surface area contributed by atoms with Crippen LogP contribution in [-0.4, -0.2) is 18.1 Å². The van der Waals surface area contributed by atoms with Gasteiger partial charge in [-0.1, -0.05) is 18.2 Å². The summed E-state index contributed by atoms with van der Waals surface area (Å²) in [6.07, 6.45) is 1.73. The molecule has 5 heteroatoms. The van der Waals surface area contributed by atoms with Gasteiger partial charge in [-0.2, -0.15) is 0 Å². The van der Waals surface area contributed by atoms with Gasteiger partial charge in [0.2, 0.25) is 0 Å². The van der Waals surface area contributed by atoms with Crippen LogP contribution in [0.4, 0.5) is 4.79 Å². The van der Waals surface area contributed by atoms with Crippen LogP contribution in [0.2, 0.25) is 0 Å². The van der Waals surface area contributed by atoms with E-state index in [-0.39, 0.29) is 5.54 Å². The van der Waals surface area contributed by atoms with Crippen molar-refractivity contribution in [3.05, 3.63) is 36.0 Å². The minimum absolute atomic E-state index is 0.388. The van der Waals surface area contributed by atoms with E-state index in [2.05, 4.69) is 10.3 Å². The highest BCUT2D eigenvalue weighted by atomic mass is 16.5. The van der Waals surface area contributed by atoms with Crippen molar-refractivity contribution in [3.8, 4) is 5.75 Å². The fraction of sp³-hybridized carbons (Fsp3) is 0.286. The highest BCUT2D eigenvalue weighted by Gasteiger charge is 2.46. The lowest BCUT2D eigenvalue weighted by Crippen LogP contribution is -2.39. The summed E-state index contributed by atoms with van der Waals surface area (Å²) in [5.41, 5.74) is 6.48. The molecule has 1 aliphatic carbocycles. The van der Waals surface area contributed by atoms with Gasteiger partial charge in [-0.3, -0.25) is 0 Å². The Morgan fingerprint density at radius 3 is 2.79 bits per heavy atom. The molecule has 1 aromatic heterocycles. The van der Waals surface area contributed by atoms with Crippen molar-refractivity contribution in [1.82, 2.24) is 10.3 Å². The Bertz CT molecular complexity index is 650. The maximum absolute atomic E-state index is 11.1. The number of rotatable bonds is 3. The monoisotopic (exact) mass is 257 g/mol. The van der Waals surface area contributed by atoms with E-state index in [0.717, 1.165) is 35.2 Å². The van der Waals surface area contributed by atoms with E-state index in [4.69, 9.17) is 10.5 Å². The molecule has 1 fully saturated rings. The largest absolute Gasteiger partial charge is 0.494 e. The quantitative estimate of drug-likeness (QED) is 0.881. The predicted molar refractivity (Wildman–Crippen MR) is 71.9 cm³/mol. The Balaban J connectivity index is 2.09. The third-order valence-electron chi connectivity index (χ3n) is 3.51. The Morgan fingerprint density at radius 1 is 1.37 bits per heavy atom. The summed E-state index contributed by atoms with van der Waals surface area (Å²) in [6.45, 7) is 0. The molecule has 3 rings (SSSR count). The number of nitrogens with two attached hydrogens (primary N) is 1. The van der Waals surface area contributed by atoms with Crippen molar-refractivity contribution in [2.24, 2.45) is 5.73 Å². The van der Waals surface area contributed by atoms with Crippen LogP contribution in [-0.2, 0) is 5.54 Å². The van der Waals surface area contributed by atoms with Gasteiger partial charge in [0, 0.05) is 5.39 Å². The van der Waals surface area contributed by atoms with E-state index in [1.807, 2.05) is 30.3 Å². The summed E-state index contributed by atoms with van der Waals surface area (Å²) < 4.78 is 5.32. The Hall–Kier alpha value is -2.30. The molecule has 0 radical (unpaired) electrons. The number of nitrogens with one attached hydrogen (secondary N) is 1. The summed E-state index contributed by atoms with van der Waals surface area (Å²) in [6, 6.07) is 9.19. The van der Waals surface area contributed by atoms with Gasteiger partial charge in [0.15, 0.2) is 0 Å². The molecule has 2 amide bonds. The van der Waals surface area contributed by atoms with E-state index in [9.17, 15) is 4.79 Å². The molecule has 1 aliphatic rings. The van der Waals surface area contributed by atoms with E-state index < -0.39 is 6.03 Å². The fourth-order valence-electron chi connectivity index (χ4n) is 2.36. The number of aromatic nitrogens is 1. The van der Waals surface area contributed by atoms with Crippen LogP contribution in [0, 0.1) is 0 Å². The highest BCUT2D eigenvalue weighted by molar-refractivity contribution is 5.85. The number of hydrogen-bond donors (Lipinski definition) is 2. The molecule has 0 spiro atoms. The molecular weight excluding hydrogens is 242 g/mol. The number of urea groups is 1. The van der Waals surface area contributed by atoms with Crippen LogP contribution >= 0.6 is 0 Å². The maximum atomic E-state index is 11.1. The molecule has 2 aromatic rings. The lowest BCUT2D eigenvalue weighted by molar-refractivity contribution is 0.244. The summed E-state index contributed by atoms with van der Waals surface area (Å²) >= 11 is 0. The molecule has 98 valence electrons. The van der Waals surface area contributed by atoms with Gasteiger partial charge < -0.3 is 15.8 Å². The number of amides is 2. The molecule has 0 atom stereocenters. The van der Waals surface area contributed by atoms with Gasteiger partial charge in [-0.25, -0.2) is 9.78 Å². The number of para-hydroxylation sites is 1. The van der Waals surface area contributed by atoms with Crippen molar-refractivity contribution in [2.45, 2.75) is 18.4 Å². The molecule has 0 aliphatic heterocycles. The molecule has 5 nitrogen and oxygen atoms in total. The number of carbonyl (C=O) groups excluding carboxylic acids is 1. The molecule has 1 saturated carbocycles. The van der Waals surface area contributed by atoms with Crippen molar-refractivity contribution in [2.75, 3.05) is 7.11 Å². The normalized spacial score (nSPS) is 16.1. The second-order valence-electron chi connectivity index (χ2n) is 4.80. The Kier molecular flexibility index (Phi) is 2.55. The third-order valence-corrected chi connectivity index (χ3v) is 3.51. The number of ether oxygens (including phenoxy) is 1. The summed E-state index contributed by atoms with van der Waals surface area (Å²) in [7, 11) is 1.62. The summed E-state index contributed by atoms with van der Waals surface area (Å²) in [5, 5.41) is 3.80. The van der Waals surface area contributed by atoms with E-state index >= 15 is 0 Å². The number of carbonyl (C=O) groups is 1. The first-order chi connectivity index (χ1) is 9.14. The van der Waals surface area contributed by atoms with Crippen LogP contribution < -0.4 is 15.8 Å². The minimum Gasteiger partial charge on any atom is -0.494 e. The van der Waals surface area contributed by atoms with E-state index in [0.29, 0.717) is 0 Å². The summed E-state index contributed by atoms with van der Waals surface area (Å²) in [5.74, 6) is 0.731. The van der Waals surface area contributed by atoms with E-state index in [1.54, 1.807) is 7.11 Å². The zero-order valence-corrected chi connectivity index (χ0v) is 10.6. The van der Waals surface area contributed by atoms with Crippen LogP contribution in [0.25, 0.3) is 10.9 Å². The van der Waals surface area contributed by atoms with Crippen molar-refractivity contribution >= 4 is 16.9 Å². The molecule has 0 bridgehead atoms. The molecule has 0 unspecified atom stereocenters. The second kappa shape index (κ2) is 4.12. The third kappa shape index (κ3) is 1.97. The van der Waals surface area contributed by atoms with Gasteiger partial charge >= 0.3 is 6.03 Å². The van der Waals surface area contributed by atoms with Crippen LogP contribution in [0.5, 0.6) is 5.75 Å². The lowest BCUT2D eigenvalue weighted by atomic mass is 10.1. The highest BCUT2D eigenvalue weighted by Crippen LogP contribution is 2.45. The van der Waals surface area contributed by atoms with Crippen molar-refractivity contribution < 1.29 is 9.53 Å². The molecule has 1 aromatic carbocycles. The number of pyridine rings is 1. The molecule has 19 heavy (non-hydrogen) atoms. The van der Waals surface area contributed by atoms with Crippen LogP contribution in [0.1, 0.15) is 18.5 Å². The van der Waals surface area contributed by atoms with Gasteiger partial charge in [-0.15, -0.1) is 0 Å². The van der Waals surface area contributed by atoms with Gasteiger partial charge in [0.05, 0.1) is 18.3 Å². The average Bonchev–Trinajstić information content (AvgIpc) is 3.17. The zero-order chi connectivity index (χ0) is 13.5. The lowest BCUT2D eigenvalue weighted by Gasteiger charge is -2.16. The van der Waals surface area contributed by atoms with Crippen LogP contribution in [0.15, 0.2) is 30.3 Å². The Morgan fingerprint density at radius 2 is 2.16 bits per heavy atom. The van der Waals surface area contributed by atoms with Crippen LogP contribution in [0.3, 0.4) is 0 Å². The molecule has 1 heterocycles. The maximum Gasteiger partial charge on any atom is 0.312 e. The fourth-order valence-corrected chi connectivity index (χ4v) is 2.36. The topological polar surface area (TPSA) is 77.2 Å². The first-order valence-corrected chi connectivity index (χ1v) is 6.16. The Labute approximate surface area is 110 Å². The number of fused-ring (bicyclic) bond motifs is 1. The average molecular weight is 257 g/mol. The van der Waals surface area contributed by atoms with Crippen molar-refractivity contribution in [3.63, 3.8) is 0 Å². The first kappa shape index (κ1) is 11.8. The van der Waals surface area contributed by atoms with E-state index in [1.165, 1.54) is 0 Å². The number of hydrogen-bond acceptors (Lipinski definition) is 3. The number of methoxy groups -OCH3 is 1. The number of benzene rings is 1. The van der Waals surface area contributed by atoms with Gasteiger partial charge in [-0.05, 0) is 25.0 Å². The number of nitrogens with zero attached hydrogens (tertiary/aromatic N) is 1. The zero-order valence-electron chi connectivity index (χ0n) is 10.6. The smallest absolute Gasteiger partial charge is 0.312 e.